The summed E-state index contributed by atoms with van der Waals surface area (Å²) in [5.74, 6) is 0.898. The number of rotatable bonds is 4. The average Bonchev–Trinajstić information content (AvgIpc) is 3.27. The van der Waals surface area contributed by atoms with Crippen LogP contribution in [0, 0.1) is 0 Å². The molecule has 2 aliphatic rings. The lowest BCUT2D eigenvalue weighted by atomic mass is 10.0. The van der Waals surface area contributed by atoms with Gasteiger partial charge in [0.15, 0.2) is 10.2 Å². The molecule has 0 radical (unpaired) electrons. The van der Waals surface area contributed by atoms with Gasteiger partial charge in [0, 0.05) is 33.6 Å². The number of hydrogen-bond acceptors (Lipinski definition) is 7. The van der Waals surface area contributed by atoms with E-state index in [-0.39, 0.29) is 11.7 Å². The van der Waals surface area contributed by atoms with Crippen molar-refractivity contribution >= 4 is 17.9 Å². The summed E-state index contributed by atoms with van der Waals surface area (Å²) in [4.78, 5) is 15.5. The summed E-state index contributed by atoms with van der Waals surface area (Å²) < 4.78 is 13.3. The molecule has 1 atom stereocenters. The molecule has 2 aliphatic heterocycles. The van der Waals surface area contributed by atoms with Crippen LogP contribution in [0.25, 0.3) is 0 Å². The van der Waals surface area contributed by atoms with Crippen molar-refractivity contribution in [1.82, 2.24) is 24.6 Å². The van der Waals surface area contributed by atoms with Crippen molar-refractivity contribution in [2.75, 3.05) is 26.7 Å². The van der Waals surface area contributed by atoms with Gasteiger partial charge in [-0.2, -0.15) is 0 Å². The molecule has 0 unspecified atom stereocenters. The molecule has 4 heterocycles. The number of ether oxygens (including phenoxy) is 1. The molecule has 2 fully saturated rings. The van der Waals surface area contributed by atoms with Crippen LogP contribution in [0.3, 0.4) is 0 Å². The highest BCUT2D eigenvalue weighted by atomic mass is 32.2. The predicted octanol–water partition coefficient (Wildman–Crippen LogP) is 1.59. The number of furan rings is 1. The van der Waals surface area contributed by atoms with Gasteiger partial charge in [0.25, 0.3) is 0 Å². The smallest absolute Gasteiger partial charge is 0.410 e. The van der Waals surface area contributed by atoms with Crippen LogP contribution in [0.5, 0.6) is 0 Å². The standard InChI is InChI=1S/C15H19N5O3S/c1-18-8-15(23-14(18)21)5-6-20(9-15)7-11-3-4-12(22-11)24-13-17-16-10-19(13)2/h3-4,10H,5-9H2,1-2H3/t15-/m0/s1. The molecule has 0 saturated carbocycles. The molecule has 2 saturated heterocycles. The number of nitrogens with zero attached hydrogens (tertiary/aromatic N) is 5. The van der Waals surface area contributed by atoms with E-state index in [1.54, 1.807) is 18.3 Å². The van der Waals surface area contributed by atoms with Crippen molar-refractivity contribution in [3.05, 3.63) is 24.2 Å². The Morgan fingerprint density at radius 3 is 2.92 bits per heavy atom. The van der Waals surface area contributed by atoms with Gasteiger partial charge in [0.2, 0.25) is 0 Å². The fraction of sp³-hybridized carbons (Fsp3) is 0.533. The normalized spacial score (nSPS) is 24.2. The van der Waals surface area contributed by atoms with Gasteiger partial charge in [0.1, 0.15) is 17.7 Å². The third-order valence-electron chi connectivity index (χ3n) is 4.41. The second-order valence-corrected chi connectivity index (χ2v) is 7.39. The largest absolute Gasteiger partial charge is 0.453 e. The fourth-order valence-electron chi connectivity index (χ4n) is 3.24. The summed E-state index contributed by atoms with van der Waals surface area (Å²) in [7, 11) is 3.68. The number of aryl methyl sites for hydroxylation is 1. The quantitative estimate of drug-likeness (QED) is 0.829. The van der Waals surface area contributed by atoms with E-state index in [0.29, 0.717) is 13.1 Å². The predicted molar refractivity (Wildman–Crippen MR) is 85.6 cm³/mol. The number of likely N-dealkylation sites (tertiary alicyclic amines) is 1. The first-order valence-corrected chi connectivity index (χ1v) is 8.62. The molecule has 1 amide bonds. The van der Waals surface area contributed by atoms with Crippen molar-refractivity contribution in [2.24, 2.45) is 7.05 Å². The van der Waals surface area contributed by atoms with Gasteiger partial charge in [0.05, 0.1) is 13.1 Å². The van der Waals surface area contributed by atoms with Gasteiger partial charge in [-0.1, -0.05) is 0 Å². The SMILES string of the molecule is CN1C[C@]2(CCN(Cc3ccc(Sc4nncn4C)o3)C2)OC1=O. The molecule has 4 rings (SSSR count). The summed E-state index contributed by atoms with van der Waals surface area (Å²) in [6.45, 7) is 3.01. The molecule has 0 N–H and O–H groups in total. The fourth-order valence-corrected chi connectivity index (χ4v) is 3.98. The third-order valence-corrected chi connectivity index (χ3v) is 5.39. The van der Waals surface area contributed by atoms with E-state index in [0.717, 1.165) is 35.5 Å². The van der Waals surface area contributed by atoms with Crippen molar-refractivity contribution in [2.45, 2.75) is 28.8 Å². The molecular formula is C15H19N5O3S. The maximum absolute atomic E-state index is 11.6. The highest BCUT2D eigenvalue weighted by Gasteiger charge is 2.48. The van der Waals surface area contributed by atoms with Crippen LogP contribution in [0.2, 0.25) is 0 Å². The zero-order valence-electron chi connectivity index (χ0n) is 13.6. The van der Waals surface area contributed by atoms with E-state index < -0.39 is 0 Å². The summed E-state index contributed by atoms with van der Waals surface area (Å²) in [5, 5.41) is 9.48. The molecule has 1 spiro atoms. The van der Waals surface area contributed by atoms with Gasteiger partial charge in [-0.05, 0) is 23.9 Å². The second-order valence-electron chi connectivity index (χ2n) is 6.41. The van der Waals surface area contributed by atoms with E-state index in [1.165, 1.54) is 11.8 Å². The lowest BCUT2D eigenvalue weighted by Gasteiger charge is -2.21. The van der Waals surface area contributed by atoms with Gasteiger partial charge >= 0.3 is 6.09 Å². The van der Waals surface area contributed by atoms with Gasteiger partial charge in [-0.25, -0.2) is 4.79 Å². The van der Waals surface area contributed by atoms with Crippen molar-refractivity contribution in [3.63, 3.8) is 0 Å². The maximum Gasteiger partial charge on any atom is 0.410 e. The Morgan fingerprint density at radius 1 is 1.33 bits per heavy atom. The van der Waals surface area contributed by atoms with E-state index in [2.05, 4.69) is 15.1 Å². The third kappa shape index (κ3) is 2.89. The van der Waals surface area contributed by atoms with E-state index in [9.17, 15) is 4.79 Å². The van der Waals surface area contributed by atoms with Crippen LogP contribution in [-0.2, 0) is 18.3 Å². The van der Waals surface area contributed by atoms with Crippen LogP contribution in [0.1, 0.15) is 12.2 Å². The number of carbonyl (C=O) groups is 1. The van der Waals surface area contributed by atoms with Crippen LogP contribution < -0.4 is 0 Å². The zero-order chi connectivity index (χ0) is 16.7. The summed E-state index contributed by atoms with van der Waals surface area (Å²) in [6.07, 6.45) is 2.30. The number of hydrogen-bond donors (Lipinski definition) is 0. The average molecular weight is 349 g/mol. The Morgan fingerprint density at radius 2 is 2.21 bits per heavy atom. The van der Waals surface area contributed by atoms with Gasteiger partial charge in [-0.15, -0.1) is 10.2 Å². The molecule has 0 aliphatic carbocycles. The monoisotopic (exact) mass is 349 g/mol. The summed E-state index contributed by atoms with van der Waals surface area (Å²) >= 11 is 1.45. The number of carbonyl (C=O) groups excluding carboxylic acids is 1. The van der Waals surface area contributed by atoms with Crippen LogP contribution >= 0.6 is 11.8 Å². The Hall–Kier alpha value is -2.00. The lowest BCUT2D eigenvalue weighted by molar-refractivity contribution is 0.0620. The highest BCUT2D eigenvalue weighted by Crippen LogP contribution is 2.33. The van der Waals surface area contributed by atoms with E-state index >= 15 is 0 Å². The van der Waals surface area contributed by atoms with E-state index in [4.69, 9.17) is 9.15 Å². The zero-order valence-corrected chi connectivity index (χ0v) is 14.5. The van der Waals surface area contributed by atoms with Gasteiger partial charge in [-0.3, -0.25) is 4.90 Å². The summed E-state index contributed by atoms with van der Waals surface area (Å²) in [5.41, 5.74) is -0.353. The number of aromatic nitrogens is 3. The molecule has 8 nitrogen and oxygen atoms in total. The Labute approximate surface area is 143 Å². The Balaban J connectivity index is 1.37. The first kappa shape index (κ1) is 15.5. The molecule has 2 aromatic heterocycles. The van der Waals surface area contributed by atoms with Gasteiger partial charge < -0.3 is 18.6 Å². The van der Waals surface area contributed by atoms with Crippen molar-refractivity contribution in [1.29, 1.82) is 0 Å². The van der Waals surface area contributed by atoms with Crippen molar-refractivity contribution < 1.29 is 13.9 Å². The minimum atomic E-state index is -0.353. The first-order chi connectivity index (χ1) is 11.5. The molecule has 0 bridgehead atoms. The molecular weight excluding hydrogens is 330 g/mol. The summed E-state index contributed by atoms with van der Waals surface area (Å²) in [6, 6.07) is 3.93. The Bertz CT molecular complexity index is 760. The second kappa shape index (κ2) is 5.82. The number of amides is 1. The van der Waals surface area contributed by atoms with Crippen LogP contribution in [-0.4, -0.2) is 62.9 Å². The topological polar surface area (TPSA) is 76.6 Å². The maximum atomic E-state index is 11.6. The number of likely N-dealkylation sites (N-methyl/N-ethyl adjacent to an activating group) is 1. The first-order valence-electron chi connectivity index (χ1n) is 7.80. The van der Waals surface area contributed by atoms with Crippen molar-refractivity contribution in [3.8, 4) is 0 Å². The highest BCUT2D eigenvalue weighted by molar-refractivity contribution is 7.99. The molecule has 9 heteroatoms. The lowest BCUT2D eigenvalue weighted by Crippen LogP contribution is -2.36. The van der Waals surface area contributed by atoms with Crippen LogP contribution in [0.15, 0.2) is 33.1 Å². The van der Waals surface area contributed by atoms with Crippen LogP contribution in [0.4, 0.5) is 4.79 Å². The molecule has 2 aromatic rings. The molecule has 128 valence electrons. The molecule has 24 heavy (non-hydrogen) atoms. The minimum absolute atomic E-state index is 0.225. The Kier molecular flexibility index (Phi) is 3.76. The minimum Gasteiger partial charge on any atom is -0.453 e. The van der Waals surface area contributed by atoms with E-state index in [1.807, 2.05) is 23.7 Å². The molecule has 0 aromatic carbocycles.